The first-order valence-corrected chi connectivity index (χ1v) is 7.09. The molecule has 6 heteroatoms. The van der Waals surface area contributed by atoms with Crippen LogP contribution >= 0.6 is 0 Å². The summed E-state index contributed by atoms with van der Waals surface area (Å²) in [7, 11) is 0. The number of nitrogens with one attached hydrogen (secondary N) is 1. The Balaban J connectivity index is 1.72. The Morgan fingerprint density at radius 2 is 2.09 bits per heavy atom. The van der Waals surface area contributed by atoms with Crippen LogP contribution in [0.4, 0.5) is 0 Å². The summed E-state index contributed by atoms with van der Waals surface area (Å²) in [5.41, 5.74) is 0.347. The van der Waals surface area contributed by atoms with Crippen molar-refractivity contribution in [1.29, 1.82) is 0 Å². The van der Waals surface area contributed by atoms with Gasteiger partial charge in [-0.15, -0.1) is 0 Å². The summed E-state index contributed by atoms with van der Waals surface area (Å²) in [6, 6.07) is 10.5. The molecule has 0 fully saturated rings. The average Bonchev–Trinajstić information content (AvgIpc) is 3.00. The maximum Gasteiger partial charge on any atom is 0.257 e. The third-order valence-corrected chi connectivity index (χ3v) is 3.08. The number of nitrogens with zero attached hydrogens (tertiary/aromatic N) is 2. The van der Waals surface area contributed by atoms with E-state index in [1.807, 2.05) is 19.1 Å². The van der Waals surface area contributed by atoms with E-state index in [4.69, 9.17) is 9.15 Å². The lowest BCUT2D eigenvalue weighted by Gasteiger charge is -2.09. The minimum Gasteiger partial charge on any atom is -0.465 e. The summed E-state index contributed by atoms with van der Waals surface area (Å²) in [5, 5.41) is 2.79. The molecule has 0 aliphatic rings. The summed E-state index contributed by atoms with van der Waals surface area (Å²) in [6.45, 7) is 2.15. The van der Waals surface area contributed by atoms with Gasteiger partial charge in [0.15, 0.2) is 0 Å². The number of amides is 1. The number of rotatable bonds is 5. The number of aryl methyl sites for hydroxylation is 1. The second-order valence-corrected chi connectivity index (χ2v) is 4.84. The standard InChI is InChI=1S/C17H15N3O3/c1-12-6-7-14(22-12)11-20-16(21)15-5-3-9-19-17(15)23-13-4-2-8-18-10-13/h2-10H,11H2,1H3,(H,20,21). The quantitative estimate of drug-likeness (QED) is 0.783. The van der Waals surface area contributed by atoms with E-state index >= 15 is 0 Å². The van der Waals surface area contributed by atoms with Crippen molar-refractivity contribution >= 4 is 5.91 Å². The molecule has 116 valence electrons. The van der Waals surface area contributed by atoms with E-state index in [0.29, 0.717) is 23.6 Å². The van der Waals surface area contributed by atoms with Gasteiger partial charge in [0.25, 0.3) is 5.91 Å². The van der Waals surface area contributed by atoms with E-state index in [-0.39, 0.29) is 11.8 Å². The van der Waals surface area contributed by atoms with Crippen LogP contribution in [0.15, 0.2) is 59.4 Å². The van der Waals surface area contributed by atoms with Crippen LogP contribution in [-0.4, -0.2) is 15.9 Å². The molecular weight excluding hydrogens is 294 g/mol. The third-order valence-electron chi connectivity index (χ3n) is 3.08. The first-order chi connectivity index (χ1) is 11.2. The second kappa shape index (κ2) is 6.74. The molecule has 0 aliphatic carbocycles. The van der Waals surface area contributed by atoms with Gasteiger partial charge in [-0.1, -0.05) is 0 Å². The molecule has 1 N–H and O–H groups in total. The highest BCUT2D eigenvalue weighted by atomic mass is 16.5. The van der Waals surface area contributed by atoms with E-state index in [2.05, 4.69) is 15.3 Å². The molecule has 1 amide bonds. The molecule has 3 heterocycles. The number of carbonyl (C=O) groups excluding carboxylic acids is 1. The zero-order valence-electron chi connectivity index (χ0n) is 12.5. The maximum absolute atomic E-state index is 12.3. The van der Waals surface area contributed by atoms with Crippen molar-refractivity contribution in [2.45, 2.75) is 13.5 Å². The van der Waals surface area contributed by atoms with Crippen molar-refractivity contribution in [3.05, 3.63) is 72.1 Å². The van der Waals surface area contributed by atoms with Crippen molar-refractivity contribution in [2.75, 3.05) is 0 Å². The Hall–Kier alpha value is -3.15. The number of hydrogen-bond acceptors (Lipinski definition) is 5. The molecule has 23 heavy (non-hydrogen) atoms. The van der Waals surface area contributed by atoms with Crippen LogP contribution in [0.1, 0.15) is 21.9 Å². The molecule has 3 aromatic heterocycles. The number of hydrogen-bond donors (Lipinski definition) is 1. The fraction of sp³-hybridized carbons (Fsp3) is 0.118. The minimum absolute atomic E-state index is 0.230. The fourth-order valence-electron chi connectivity index (χ4n) is 2.01. The van der Waals surface area contributed by atoms with Gasteiger partial charge in [-0.2, -0.15) is 0 Å². The number of carbonyl (C=O) groups is 1. The van der Waals surface area contributed by atoms with Gasteiger partial charge in [-0.3, -0.25) is 9.78 Å². The molecular formula is C17H15N3O3. The molecule has 0 aliphatic heterocycles. The summed E-state index contributed by atoms with van der Waals surface area (Å²) in [5.74, 6) is 1.95. The smallest absolute Gasteiger partial charge is 0.257 e. The summed E-state index contributed by atoms with van der Waals surface area (Å²) in [6.07, 6.45) is 4.77. The van der Waals surface area contributed by atoms with Gasteiger partial charge >= 0.3 is 0 Å². The van der Waals surface area contributed by atoms with Gasteiger partial charge in [0, 0.05) is 12.4 Å². The molecule has 0 saturated carbocycles. The van der Waals surface area contributed by atoms with Gasteiger partial charge < -0.3 is 14.5 Å². The van der Waals surface area contributed by atoms with Crippen molar-refractivity contribution in [3.63, 3.8) is 0 Å². The lowest BCUT2D eigenvalue weighted by atomic mass is 10.2. The van der Waals surface area contributed by atoms with Crippen LogP contribution in [0.25, 0.3) is 0 Å². The Kier molecular flexibility index (Phi) is 4.33. The molecule has 0 saturated heterocycles. The Morgan fingerprint density at radius 1 is 1.22 bits per heavy atom. The average molecular weight is 309 g/mol. The number of aromatic nitrogens is 2. The lowest BCUT2D eigenvalue weighted by molar-refractivity contribution is 0.0945. The normalized spacial score (nSPS) is 10.3. The predicted octanol–water partition coefficient (Wildman–Crippen LogP) is 3.10. The SMILES string of the molecule is Cc1ccc(CNC(=O)c2cccnc2Oc2cccnc2)o1. The highest BCUT2D eigenvalue weighted by Gasteiger charge is 2.14. The molecule has 0 unspecified atom stereocenters. The molecule has 3 aromatic rings. The Labute approximate surface area is 133 Å². The van der Waals surface area contributed by atoms with E-state index in [9.17, 15) is 4.79 Å². The number of pyridine rings is 2. The van der Waals surface area contributed by atoms with Crippen LogP contribution in [0.3, 0.4) is 0 Å². The number of furan rings is 1. The van der Waals surface area contributed by atoms with E-state index in [1.165, 1.54) is 0 Å². The highest BCUT2D eigenvalue weighted by molar-refractivity contribution is 5.96. The van der Waals surface area contributed by atoms with E-state index < -0.39 is 0 Å². The van der Waals surface area contributed by atoms with Gasteiger partial charge in [-0.05, 0) is 43.3 Å². The van der Waals surface area contributed by atoms with E-state index in [1.54, 1.807) is 42.9 Å². The largest absolute Gasteiger partial charge is 0.465 e. The van der Waals surface area contributed by atoms with E-state index in [0.717, 1.165) is 5.76 Å². The minimum atomic E-state index is -0.286. The number of ether oxygens (including phenoxy) is 1. The first kappa shape index (κ1) is 14.8. The second-order valence-electron chi connectivity index (χ2n) is 4.84. The molecule has 0 radical (unpaired) electrons. The van der Waals surface area contributed by atoms with Gasteiger partial charge in [-0.25, -0.2) is 4.98 Å². The molecule has 6 nitrogen and oxygen atoms in total. The van der Waals surface area contributed by atoms with Gasteiger partial charge in [0.2, 0.25) is 5.88 Å². The predicted molar refractivity (Wildman–Crippen MR) is 83.2 cm³/mol. The van der Waals surface area contributed by atoms with Crippen molar-refractivity contribution in [3.8, 4) is 11.6 Å². The Bertz CT molecular complexity index is 800. The monoisotopic (exact) mass is 309 g/mol. The van der Waals surface area contributed by atoms with Crippen LogP contribution in [0.5, 0.6) is 11.6 Å². The topological polar surface area (TPSA) is 77.2 Å². The van der Waals surface area contributed by atoms with Crippen molar-refractivity contribution in [1.82, 2.24) is 15.3 Å². The fourth-order valence-corrected chi connectivity index (χ4v) is 2.01. The molecule has 0 atom stereocenters. The molecule has 0 aromatic carbocycles. The zero-order chi connectivity index (χ0) is 16.1. The van der Waals surface area contributed by atoms with Crippen LogP contribution < -0.4 is 10.1 Å². The molecule has 0 bridgehead atoms. The maximum atomic E-state index is 12.3. The lowest BCUT2D eigenvalue weighted by Crippen LogP contribution is -2.23. The molecule has 3 rings (SSSR count). The van der Waals surface area contributed by atoms with Crippen LogP contribution in [-0.2, 0) is 6.54 Å². The highest BCUT2D eigenvalue weighted by Crippen LogP contribution is 2.21. The van der Waals surface area contributed by atoms with Crippen molar-refractivity contribution < 1.29 is 13.9 Å². The zero-order valence-corrected chi connectivity index (χ0v) is 12.5. The summed E-state index contributed by atoms with van der Waals surface area (Å²) < 4.78 is 11.1. The first-order valence-electron chi connectivity index (χ1n) is 7.09. The third kappa shape index (κ3) is 3.74. The summed E-state index contributed by atoms with van der Waals surface area (Å²) in [4.78, 5) is 20.4. The van der Waals surface area contributed by atoms with Gasteiger partial charge in [0.1, 0.15) is 22.8 Å². The Morgan fingerprint density at radius 3 is 2.83 bits per heavy atom. The van der Waals surface area contributed by atoms with Crippen molar-refractivity contribution in [2.24, 2.45) is 0 Å². The van der Waals surface area contributed by atoms with Crippen LogP contribution in [0, 0.1) is 6.92 Å². The molecule has 0 spiro atoms. The van der Waals surface area contributed by atoms with Crippen LogP contribution in [0.2, 0.25) is 0 Å². The summed E-state index contributed by atoms with van der Waals surface area (Å²) >= 11 is 0. The van der Waals surface area contributed by atoms with Gasteiger partial charge in [0.05, 0.1) is 12.7 Å².